The van der Waals surface area contributed by atoms with Crippen molar-refractivity contribution in [1.82, 2.24) is 15.2 Å². The number of hydrogen-bond acceptors (Lipinski definition) is 3. The smallest absolute Gasteiger partial charge is 0.270 e. The van der Waals surface area contributed by atoms with E-state index in [9.17, 15) is 9.59 Å². The molecule has 7 heteroatoms. The number of carbonyl (C=O) groups is 2. The number of carbonyl (C=O) groups excluding carboxylic acids is 2. The molecule has 1 aromatic carbocycles. The third kappa shape index (κ3) is 5.52. The lowest BCUT2D eigenvalue weighted by Gasteiger charge is -2.34. The van der Waals surface area contributed by atoms with Gasteiger partial charge in [0.05, 0.1) is 0 Å². The van der Waals surface area contributed by atoms with E-state index in [0.717, 1.165) is 30.2 Å². The molecule has 3 rings (SSSR count). The fraction of sp³-hybridized carbons (Fsp3) is 0.545. The van der Waals surface area contributed by atoms with Gasteiger partial charge in [-0.25, -0.2) is 0 Å². The quantitative estimate of drug-likeness (QED) is 0.638. The highest BCUT2D eigenvalue weighted by molar-refractivity contribution is 6.31. The number of amides is 2. The SMILES string of the molecule is CCOCCCNC(=O)[C@@H](C)C1CCN(C(=O)c2cc3cc(Cl)ccc3[nH]2)CC1. The highest BCUT2D eigenvalue weighted by atomic mass is 35.5. The second-order valence-electron chi connectivity index (χ2n) is 7.67. The van der Waals surface area contributed by atoms with Crippen LogP contribution in [0.15, 0.2) is 24.3 Å². The van der Waals surface area contributed by atoms with Crippen molar-refractivity contribution in [2.24, 2.45) is 11.8 Å². The van der Waals surface area contributed by atoms with Gasteiger partial charge in [0, 0.05) is 54.7 Å². The topological polar surface area (TPSA) is 74.4 Å². The molecule has 0 spiro atoms. The molecule has 0 radical (unpaired) electrons. The highest BCUT2D eigenvalue weighted by Crippen LogP contribution is 2.27. The van der Waals surface area contributed by atoms with Gasteiger partial charge in [-0.1, -0.05) is 18.5 Å². The maximum atomic E-state index is 12.9. The molecule has 2 N–H and O–H groups in total. The van der Waals surface area contributed by atoms with E-state index >= 15 is 0 Å². The summed E-state index contributed by atoms with van der Waals surface area (Å²) in [6.45, 7) is 7.31. The number of rotatable bonds is 8. The molecule has 158 valence electrons. The van der Waals surface area contributed by atoms with Crippen LogP contribution in [-0.2, 0) is 9.53 Å². The molecule has 6 nitrogen and oxygen atoms in total. The molecule has 0 aliphatic carbocycles. The van der Waals surface area contributed by atoms with Gasteiger partial charge in [-0.05, 0) is 56.4 Å². The van der Waals surface area contributed by atoms with Gasteiger partial charge in [-0.15, -0.1) is 0 Å². The molecule has 1 atom stereocenters. The average molecular weight is 420 g/mol. The van der Waals surface area contributed by atoms with Crippen molar-refractivity contribution >= 4 is 34.3 Å². The van der Waals surface area contributed by atoms with Crippen LogP contribution in [0.25, 0.3) is 10.9 Å². The summed E-state index contributed by atoms with van der Waals surface area (Å²) in [7, 11) is 0. The molecule has 1 fully saturated rings. The molecular weight excluding hydrogens is 390 g/mol. The van der Waals surface area contributed by atoms with E-state index in [1.807, 2.05) is 43.0 Å². The van der Waals surface area contributed by atoms with Gasteiger partial charge in [0.15, 0.2) is 0 Å². The van der Waals surface area contributed by atoms with Crippen molar-refractivity contribution in [2.45, 2.75) is 33.1 Å². The zero-order valence-electron chi connectivity index (χ0n) is 17.2. The van der Waals surface area contributed by atoms with E-state index in [2.05, 4.69) is 10.3 Å². The van der Waals surface area contributed by atoms with Gasteiger partial charge >= 0.3 is 0 Å². The first-order valence-electron chi connectivity index (χ1n) is 10.4. The van der Waals surface area contributed by atoms with Crippen LogP contribution in [-0.4, -0.2) is 54.5 Å². The monoisotopic (exact) mass is 419 g/mol. The highest BCUT2D eigenvalue weighted by Gasteiger charge is 2.30. The van der Waals surface area contributed by atoms with Crippen molar-refractivity contribution in [3.63, 3.8) is 0 Å². The van der Waals surface area contributed by atoms with E-state index in [-0.39, 0.29) is 17.7 Å². The van der Waals surface area contributed by atoms with E-state index in [0.29, 0.717) is 49.5 Å². The Morgan fingerprint density at radius 1 is 1.31 bits per heavy atom. The van der Waals surface area contributed by atoms with Crippen LogP contribution in [0.1, 0.15) is 43.6 Å². The fourth-order valence-electron chi connectivity index (χ4n) is 3.90. The molecular formula is C22H30ClN3O3. The van der Waals surface area contributed by atoms with E-state index < -0.39 is 0 Å². The number of fused-ring (bicyclic) bond motifs is 1. The minimum absolute atomic E-state index is 0.00352. The van der Waals surface area contributed by atoms with E-state index in [1.165, 1.54) is 0 Å². The van der Waals surface area contributed by atoms with E-state index in [4.69, 9.17) is 16.3 Å². The Bertz CT molecular complexity index is 843. The zero-order valence-corrected chi connectivity index (χ0v) is 17.9. The summed E-state index contributed by atoms with van der Waals surface area (Å²) in [5, 5.41) is 4.59. The molecule has 1 aliphatic rings. The Labute approximate surface area is 176 Å². The minimum atomic E-state index is -0.0467. The average Bonchev–Trinajstić information content (AvgIpc) is 3.15. The number of aromatic amines is 1. The Morgan fingerprint density at radius 2 is 2.07 bits per heavy atom. The first kappa shape index (κ1) is 21.7. The Kier molecular flexibility index (Phi) is 7.56. The van der Waals surface area contributed by atoms with Gasteiger partial charge in [0.25, 0.3) is 5.91 Å². The molecule has 1 saturated heterocycles. The van der Waals surface area contributed by atoms with Gasteiger partial charge in [-0.3, -0.25) is 9.59 Å². The summed E-state index contributed by atoms with van der Waals surface area (Å²) in [5.74, 6) is 0.351. The lowest BCUT2D eigenvalue weighted by molar-refractivity contribution is -0.126. The number of nitrogens with zero attached hydrogens (tertiary/aromatic N) is 1. The molecule has 2 amide bonds. The predicted molar refractivity (Wildman–Crippen MR) is 115 cm³/mol. The van der Waals surface area contributed by atoms with E-state index in [1.54, 1.807) is 0 Å². The first-order valence-corrected chi connectivity index (χ1v) is 10.8. The lowest BCUT2D eigenvalue weighted by Crippen LogP contribution is -2.43. The second-order valence-corrected chi connectivity index (χ2v) is 8.11. The normalized spacial score (nSPS) is 16.2. The lowest BCUT2D eigenvalue weighted by atomic mass is 9.84. The second kappa shape index (κ2) is 10.1. The number of ether oxygens (including phenoxy) is 1. The Balaban J connectivity index is 1.48. The summed E-state index contributed by atoms with van der Waals surface area (Å²) in [4.78, 5) is 30.3. The maximum Gasteiger partial charge on any atom is 0.270 e. The van der Waals surface area contributed by atoms with Crippen molar-refractivity contribution in [2.75, 3.05) is 32.8 Å². The molecule has 2 heterocycles. The number of H-pyrrole nitrogens is 1. The predicted octanol–water partition coefficient (Wildman–Crippen LogP) is 3.85. The number of halogens is 1. The number of benzene rings is 1. The molecule has 0 unspecified atom stereocenters. The Morgan fingerprint density at radius 3 is 2.79 bits per heavy atom. The Hall–Kier alpha value is -2.05. The molecule has 0 saturated carbocycles. The minimum Gasteiger partial charge on any atom is -0.382 e. The number of piperidine rings is 1. The third-order valence-corrected chi connectivity index (χ3v) is 5.96. The van der Waals surface area contributed by atoms with Gasteiger partial charge in [0.2, 0.25) is 5.91 Å². The van der Waals surface area contributed by atoms with Gasteiger partial charge in [0.1, 0.15) is 5.69 Å². The molecule has 2 aromatic rings. The van der Waals surface area contributed by atoms with Crippen LogP contribution in [0.4, 0.5) is 0 Å². The van der Waals surface area contributed by atoms with Crippen molar-refractivity contribution in [1.29, 1.82) is 0 Å². The first-order chi connectivity index (χ1) is 14.0. The third-order valence-electron chi connectivity index (χ3n) is 5.73. The van der Waals surface area contributed by atoms with Crippen LogP contribution in [0.3, 0.4) is 0 Å². The molecule has 1 aromatic heterocycles. The van der Waals surface area contributed by atoms with Crippen LogP contribution in [0.5, 0.6) is 0 Å². The molecule has 29 heavy (non-hydrogen) atoms. The summed E-state index contributed by atoms with van der Waals surface area (Å²) < 4.78 is 5.29. The van der Waals surface area contributed by atoms with Gasteiger partial charge in [-0.2, -0.15) is 0 Å². The van der Waals surface area contributed by atoms with Crippen molar-refractivity contribution in [3.8, 4) is 0 Å². The summed E-state index contributed by atoms with van der Waals surface area (Å²) in [5.41, 5.74) is 1.49. The largest absolute Gasteiger partial charge is 0.382 e. The van der Waals surface area contributed by atoms with Crippen LogP contribution >= 0.6 is 11.6 Å². The summed E-state index contributed by atoms with van der Waals surface area (Å²) in [6, 6.07) is 7.40. The van der Waals surface area contributed by atoms with Crippen molar-refractivity contribution in [3.05, 3.63) is 35.0 Å². The molecule has 1 aliphatic heterocycles. The number of aromatic nitrogens is 1. The summed E-state index contributed by atoms with van der Waals surface area (Å²) in [6.07, 6.45) is 2.51. The number of hydrogen-bond donors (Lipinski definition) is 2. The number of likely N-dealkylation sites (tertiary alicyclic amines) is 1. The zero-order chi connectivity index (χ0) is 20.8. The van der Waals surface area contributed by atoms with Crippen LogP contribution in [0.2, 0.25) is 5.02 Å². The fourth-order valence-corrected chi connectivity index (χ4v) is 4.08. The number of nitrogens with one attached hydrogen (secondary N) is 2. The standard InChI is InChI=1S/C22H30ClN3O3/c1-3-29-12-4-9-24-21(27)15(2)16-7-10-26(11-8-16)22(28)20-14-17-13-18(23)5-6-19(17)25-20/h5-6,13-16,25H,3-4,7-12H2,1-2H3,(H,24,27)/t15-/m0/s1. The maximum absolute atomic E-state index is 12.9. The van der Waals surface area contributed by atoms with Gasteiger partial charge < -0.3 is 19.9 Å². The summed E-state index contributed by atoms with van der Waals surface area (Å²) >= 11 is 6.03. The van der Waals surface area contributed by atoms with Crippen LogP contribution in [0, 0.1) is 11.8 Å². The van der Waals surface area contributed by atoms with Crippen molar-refractivity contribution < 1.29 is 14.3 Å². The molecule has 0 bridgehead atoms. The van der Waals surface area contributed by atoms with Crippen LogP contribution < -0.4 is 5.32 Å².